The fourth-order valence-electron chi connectivity index (χ4n) is 2.99. The number of phenolic OH excluding ortho intramolecular Hbond substituents is 1. The number of para-hydroxylation sites is 1. The summed E-state index contributed by atoms with van der Waals surface area (Å²) in [5.74, 6) is -2.51. The van der Waals surface area contributed by atoms with Crippen molar-refractivity contribution in [2.24, 2.45) is 0 Å². The molecule has 1 fully saturated rings. The maximum Gasteiger partial charge on any atom is 0.288 e. The molecule has 1 aliphatic heterocycles. The topological polar surface area (TPSA) is 55.8 Å². The lowest BCUT2D eigenvalue weighted by molar-refractivity contribution is -0.117. The van der Waals surface area contributed by atoms with E-state index in [1.165, 1.54) is 0 Å². The number of thioether (sulfide) groups is 1. The van der Waals surface area contributed by atoms with Gasteiger partial charge in [-0.2, -0.15) is 8.78 Å². The largest absolute Gasteiger partial charge is 0.508 e. The van der Waals surface area contributed by atoms with Gasteiger partial charge < -0.3 is 15.3 Å². The number of hydrogen-bond acceptors (Lipinski definition) is 5. The Balaban J connectivity index is 1.51. The highest BCUT2D eigenvalue weighted by atomic mass is 32.2. The van der Waals surface area contributed by atoms with E-state index >= 15 is 0 Å². The standard InChI is InChI=1S/C19H21F2N3O2S/c20-19(21)27-17-4-2-1-3-16(17)22-18(26)13-23-9-11-24(12-10-23)14-5-7-15(25)8-6-14/h1-8,19,25H,9-13H2,(H,22,26). The van der Waals surface area contributed by atoms with Gasteiger partial charge in [0.2, 0.25) is 5.91 Å². The molecule has 0 radical (unpaired) electrons. The van der Waals surface area contributed by atoms with Crippen LogP contribution in [0.2, 0.25) is 0 Å². The molecule has 0 unspecified atom stereocenters. The van der Waals surface area contributed by atoms with E-state index in [0.29, 0.717) is 22.3 Å². The minimum atomic E-state index is -2.53. The molecule has 27 heavy (non-hydrogen) atoms. The van der Waals surface area contributed by atoms with Crippen molar-refractivity contribution in [1.82, 2.24) is 4.90 Å². The van der Waals surface area contributed by atoms with Gasteiger partial charge in [0.15, 0.2) is 0 Å². The Hall–Kier alpha value is -2.32. The second-order valence-electron chi connectivity index (χ2n) is 6.20. The normalized spacial score (nSPS) is 15.1. The van der Waals surface area contributed by atoms with Crippen molar-refractivity contribution < 1.29 is 18.7 Å². The van der Waals surface area contributed by atoms with Crippen LogP contribution < -0.4 is 10.2 Å². The monoisotopic (exact) mass is 393 g/mol. The van der Waals surface area contributed by atoms with E-state index in [4.69, 9.17) is 0 Å². The number of nitrogens with one attached hydrogen (secondary N) is 1. The Morgan fingerprint density at radius 2 is 1.74 bits per heavy atom. The minimum absolute atomic E-state index is 0.213. The first-order valence-corrected chi connectivity index (χ1v) is 9.49. The number of benzene rings is 2. The van der Waals surface area contributed by atoms with Gasteiger partial charge in [-0.3, -0.25) is 9.69 Å². The average molecular weight is 393 g/mol. The van der Waals surface area contributed by atoms with Crippen molar-refractivity contribution in [3.8, 4) is 5.75 Å². The van der Waals surface area contributed by atoms with Crippen LogP contribution in [0.4, 0.5) is 20.2 Å². The quantitative estimate of drug-likeness (QED) is 0.736. The number of rotatable bonds is 6. The molecule has 144 valence electrons. The van der Waals surface area contributed by atoms with Gasteiger partial charge in [-0.1, -0.05) is 23.9 Å². The lowest BCUT2D eigenvalue weighted by Crippen LogP contribution is -2.48. The lowest BCUT2D eigenvalue weighted by Gasteiger charge is -2.35. The molecule has 1 amide bonds. The number of alkyl halides is 2. The van der Waals surface area contributed by atoms with Gasteiger partial charge >= 0.3 is 0 Å². The first-order valence-electron chi connectivity index (χ1n) is 8.61. The summed E-state index contributed by atoms with van der Waals surface area (Å²) < 4.78 is 25.3. The number of aromatic hydroxyl groups is 1. The van der Waals surface area contributed by atoms with Gasteiger partial charge in [0.25, 0.3) is 5.76 Å². The molecule has 0 spiro atoms. The van der Waals surface area contributed by atoms with Crippen LogP contribution in [0.15, 0.2) is 53.4 Å². The van der Waals surface area contributed by atoms with E-state index in [9.17, 15) is 18.7 Å². The van der Waals surface area contributed by atoms with Gasteiger partial charge in [-0.05, 0) is 36.4 Å². The smallest absolute Gasteiger partial charge is 0.288 e. The molecule has 0 aromatic heterocycles. The molecule has 0 bridgehead atoms. The molecule has 2 aromatic rings. The highest BCUT2D eigenvalue weighted by molar-refractivity contribution is 7.99. The lowest BCUT2D eigenvalue weighted by atomic mass is 10.2. The zero-order valence-electron chi connectivity index (χ0n) is 14.6. The summed E-state index contributed by atoms with van der Waals surface area (Å²) in [6.07, 6.45) is 0. The van der Waals surface area contributed by atoms with Crippen molar-refractivity contribution in [2.75, 3.05) is 42.9 Å². The molecule has 0 atom stereocenters. The molecule has 0 saturated carbocycles. The molecule has 8 heteroatoms. The van der Waals surface area contributed by atoms with Crippen LogP contribution in [0.25, 0.3) is 0 Å². The second-order valence-corrected chi connectivity index (χ2v) is 7.23. The van der Waals surface area contributed by atoms with E-state index < -0.39 is 5.76 Å². The molecule has 2 aromatic carbocycles. The van der Waals surface area contributed by atoms with Crippen LogP contribution in [0.3, 0.4) is 0 Å². The first kappa shape index (κ1) is 19.4. The number of piperazine rings is 1. The van der Waals surface area contributed by atoms with Crippen molar-refractivity contribution in [2.45, 2.75) is 10.7 Å². The summed E-state index contributed by atoms with van der Waals surface area (Å²) in [6.45, 7) is 3.21. The van der Waals surface area contributed by atoms with Gasteiger partial charge in [0.05, 0.1) is 12.2 Å². The first-order chi connectivity index (χ1) is 13.0. The molecule has 1 saturated heterocycles. The predicted octanol–water partition coefficient (Wildman–Crippen LogP) is 3.47. The third-order valence-electron chi connectivity index (χ3n) is 4.33. The highest BCUT2D eigenvalue weighted by Gasteiger charge is 2.20. The summed E-state index contributed by atoms with van der Waals surface area (Å²) in [5.41, 5.74) is 1.45. The molecule has 2 N–H and O–H groups in total. The van der Waals surface area contributed by atoms with Gasteiger partial charge in [0, 0.05) is 36.8 Å². The number of carbonyl (C=O) groups excluding carboxylic acids is 1. The zero-order valence-corrected chi connectivity index (χ0v) is 15.5. The fourth-order valence-corrected chi connectivity index (χ4v) is 3.58. The van der Waals surface area contributed by atoms with Crippen molar-refractivity contribution in [3.05, 3.63) is 48.5 Å². The number of amides is 1. The van der Waals surface area contributed by atoms with Crippen LogP contribution in [0.5, 0.6) is 5.75 Å². The van der Waals surface area contributed by atoms with Crippen LogP contribution >= 0.6 is 11.8 Å². The number of phenols is 1. The van der Waals surface area contributed by atoms with Crippen LogP contribution in [-0.2, 0) is 4.79 Å². The Morgan fingerprint density at radius 3 is 2.41 bits per heavy atom. The maximum atomic E-state index is 12.6. The van der Waals surface area contributed by atoms with Crippen molar-refractivity contribution in [3.63, 3.8) is 0 Å². The third-order valence-corrected chi connectivity index (χ3v) is 5.12. The van der Waals surface area contributed by atoms with Crippen LogP contribution in [0, 0.1) is 0 Å². The van der Waals surface area contributed by atoms with E-state index in [2.05, 4.69) is 10.2 Å². The highest BCUT2D eigenvalue weighted by Crippen LogP contribution is 2.31. The molecular weight excluding hydrogens is 372 g/mol. The molecular formula is C19H21F2N3O2S. The van der Waals surface area contributed by atoms with E-state index in [0.717, 1.165) is 31.9 Å². The Morgan fingerprint density at radius 1 is 1.07 bits per heavy atom. The SMILES string of the molecule is O=C(CN1CCN(c2ccc(O)cc2)CC1)Nc1ccccc1SC(F)F. The Bertz CT molecular complexity index is 766. The third kappa shape index (κ3) is 5.58. The van der Waals surface area contributed by atoms with E-state index in [1.54, 1.807) is 36.4 Å². The zero-order chi connectivity index (χ0) is 19.2. The summed E-state index contributed by atoms with van der Waals surface area (Å²) >= 11 is 0.426. The van der Waals surface area contributed by atoms with E-state index in [-0.39, 0.29) is 18.2 Å². The number of nitrogens with zero attached hydrogens (tertiary/aromatic N) is 2. The summed E-state index contributed by atoms with van der Waals surface area (Å²) in [6, 6.07) is 13.6. The van der Waals surface area contributed by atoms with Crippen molar-refractivity contribution in [1.29, 1.82) is 0 Å². The minimum Gasteiger partial charge on any atom is -0.508 e. The van der Waals surface area contributed by atoms with Crippen molar-refractivity contribution >= 4 is 29.0 Å². The second kappa shape index (κ2) is 9.05. The summed E-state index contributed by atoms with van der Waals surface area (Å²) in [4.78, 5) is 16.9. The maximum absolute atomic E-state index is 12.6. The summed E-state index contributed by atoms with van der Waals surface area (Å²) in [5, 5.41) is 12.1. The predicted molar refractivity (Wildman–Crippen MR) is 104 cm³/mol. The van der Waals surface area contributed by atoms with Crippen LogP contribution in [0.1, 0.15) is 0 Å². The number of carbonyl (C=O) groups is 1. The number of hydrogen-bond donors (Lipinski definition) is 2. The molecule has 1 heterocycles. The number of halogens is 2. The molecule has 1 aliphatic rings. The molecule has 3 rings (SSSR count). The van der Waals surface area contributed by atoms with Gasteiger partial charge in [-0.25, -0.2) is 0 Å². The van der Waals surface area contributed by atoms with Gasteiger partial charge in [-0.15, -0.1) is 0 Å². The van der Waals surface area contributed by atoms with E-state index in [1.807, 2.05) is 17.0 Å². The number of anilines is 2. The summed E-state index contributed by atoms with van der Waals surface area (Å²) in [7, 11) is 0. The Kier molecular flexibility index (Phi) is 6.52. The van der Waals surface area contributed by atoms with Gasteiger partial charge in [0.1, 0.15) is 5.75 Å². The fraction of sp³-hybridized carbons (Fsp3) is 0.316. The average Bonchev–Trinajstić information content (AvgIpc) is 2.64. The van der Waals surface area contributed by atoms with Crippen LogP contribution in [-0.4, -0.2) is 54.4 Å². The Labute approximate surface area is 161 Å². The molecule has 5 nitrogen and oxygen atoms in total. The molecule has 0 aliphatic carbocycles.